The Balaban J connectivity index is 1.51. The van der Waals surface area contributed by atoms with Gasteiger partial charge in [0.25, 0.3) is 11.8 Å². The number of carbonyl (C=O) groups excluding carboxylic acids is 2. The molecule has 38 heavy (non-hydrogen) atoms. The highest BCUT2D eigenvalue weighted by atomic mass is 16.2. The number of amides is 2. The van der Waals surface area contributed by atoms with E-state index in [9.17, 15) is 9.59 Å². The number of carbonyl (C=O) groups is 2. The lowest BCUT2D eigenvalue weighted by Crippen LogP contribution is -2.25. The number of nitrogens with zero attached hydrogens (tertiary/aromatic N) is 2. The Morgan fingerprint density at radius 1 is 0.447 bits per heavy atom. The Hall–Kier alpha value is -4.96. The van der Waals surface area contributed by atoms with Crippen molar-refractivity contribution in [3.05, 3.63) is 131 Å². The molecule has 2 heterocycles. The van der Waals surface area contributed by atoms with Gasteiger partial charge in [-0.1, -0.05) is 109 Å². The molecule has 182 valence electrons. The summed E-state index contributed by atoms with van der Waals surface area (Å²) in [7, 11) is 3.53. The maximum atomic E-state index is 13.9. The molecule has 2 aliphatic rings. The summed E-state index contributed by atoms with van der Waals surface area (Å²) in [5, 5.41) is 4.17. The largest absolute Gasteiger partial charge is 0.310 e. The van der Waals surface area contributed by atoms with Gasteiger partial charge in [0.15, 0.2) is 0 Å². The molecule has 0 unspecified atom stereocenters. The highest BCUT2D eigenvalue weighted by Crippen LogP contribution is 2.48. The highest BCUT2D eigenvalue weighted by Gasteiger charge is 2.47. The van der Waals surface area contributed by atoms with Crippen molar-refractivity contribution < 1.29 is 9.59 Å². The molecule has 0 saturated carbocycles. The van der Waals surface area contributed by atoms with Crippen molar-refractivity contribution in [1.29, 1.82) is 0 Å². The zero-order chi connectivity index (χ0) is 26.0. The van der Waals surface area contributed by atoms with Crippen LogP contribution in [0.15, 0.2) is 120 Å². The van der Waals surface area contributed by atoms with Gasteiger partial charge in [-0.2, -0.15) is 0 Å². The van der Waals surface area contributed by atoms with Crippen molar-refractivity contribution in [1.82, 2.24) is 9.80 Å². The van der Waals surface area contributed by atoms with Gasteiger partial charge >= 0.3 is 0 Å². The lowest BCUT2D eigenvalue weighted by atomic mass is 9.92. The molecule has 0 atom stereocenters. The fourth-order valence-corrected chi connectivity index (χ4v) is 5.96. The second-order valence-corrected chi connectivity index (χ2v) is 9.77. The predicted octanol–water partition coefficient (Wildman–Crippen LogP) is 6.73. The van der Waals surface area contributed by atoms with E-state index in [2.05, 4.69) is 30.3 Å². The molecular formula is C34H24N2O2. The molecule has 2 amide bonds. The lowest BCUT2D eigenvalue weighted by Gasteiger charge is -2.22. The van der Waals surface area contributed by atoms with Gasteiger partial charge in [-0.3, -0.25) is 9.59 Å². The number of hydrogen-bond donors (Lipinski definition) is 0. The fourth-order valence-electron chi connectivity index (χ4n) is 5.96. The van der Waals surface area contributed by atoms with Gasteiger partial charge in [0.2, 0.25) is 0 Å². The minimum Gasteiger partial charge on any atom is -0.310 e. The van der Waals surface area contributed by atoms with Crippen molar-refractivity contribution in [2.24, 2.45) is 0 Å². The van der Waals surface area contributed by atoms with Crippen LogP contribution in [-0.4, -0.2) is 35.7 Å². The topological polar surface area (TPSA) is 40.6 Å². The lowest BCUT2D eigenvalue weighted by molar-refractivity contribution is -0.123. The molecular weight excluding hydrogens is 468 g/mol. The summed E-state index contributed by atoms with van der Waals surface area (Å²) in [6.45, 7) is 0. The first kappa shape index (κ1) is 22.3. The van der Waals surface area contributed by atoms with Crippen molar-refractivity contribution in [3.63, 3.8) is 0 Å². The molecule has 0 radical (unpaired) electrons. The second-order valence-electron chi connectivity index (χ2n) is 9.77. The van der Waals surface area contributed by atoms with Crippen LogP contribution in [0.4, 0.5) is 0 Å². The van der Waals surface area contributed by atoms with E-state index in [1.54, 1.807) is 23.9 Å². The molecule has 0 bridgehead atoms. The van der Waals surface area contributed by atoms with E-state index in [1.807, 2.05) is 78.9 Å². The smallest absolute Gasteiger partial charge is 0.261 e. The van der Waals surface area contributed by atoms with Crippen molar-refractivity contribution >= 4 is 44.8 Å². The zero-order valence-electron chi connectivity index (χ0n) is 21.1. The van der Waals surface area contributed by atoms with E-state index in [0.29, 0.717) is 22.5 Å². The van der Waals surface area contributed by atoms with E-state index < -0.39 is 0 Å². The number of hydrogen-bond acceptors (Lipinski definition) is 2. The first-order valence-electron chi connectivity index (χ1n) is 12.7. The average Bonchev–Trinajstić information content (AvgIpc) is 3.37. The molecule has 2 aliphatic heterocycles. The van der Waals surface area contributed by atoms with Gasteiger partial charge in [-0.05, 0) is 32.7 Å². The SMILES string of the molecule is CN1C(=O)C2=C(c3ccc(-c4ccccc4)c4ccccc34)N(C)C(=O)C2=C1c1cccc2ccccc12. The van der Waals surface area contributed by atoms with Crippen LogP contribution in [-0.2, 0) is 9.59 Å². The Labute approximate surface area is 220 Å². The molecule has 0 N–H and O–H groups in total. The summed E-state index contributed by atoms with van der Waals surface area (Å²) in [6.07, 6.45) is 0. The molecule has 5 aromatic carbocycles. The molecule has 5 aromatic rings. The van der Waals surface area contributed by atoms with Crippen LogP contribution in [0.25, 0.3) is 44.1 Å². The molecule has 0 saturated heterocycles. The van der Waals surface area contributed by atoms with Crippen molar-refractivity contribution in [2.45, 2.75) is 0 Å². The third-order valence-electron chi connectivity index (χ3n) is 7.74. The number of rotatable bonds is 3. The molecule has 0 fully saturated rings. The second kappa shape index (κ2) is 8.29. The fraction of sp³-hybridized carbons (Fsp3) is 0.0588. The molecule has 4 nitrogen and oxygen atoms in total. The molecule has 0 aromatic heterocycles. The number of likely N-dealkylation sites (N-methyl/N-ethyl adjacent to an activating group) is 2. The molecule has 0 spiro atoms. The van der Waals surface area contributed by atoms with Gasteiger partial charge in [-0.25, -0.2) is 0 Å². The van der Waals surface area contributed by atoms with Crippen LogP contribution in [0.3, 0.4) is 0 Å². The van der Waals surface area contributed by atoms with E-state index >= 15 is 0 Å². The molecule has 0 aliphatic carbocycles. The van der Waals surface area contributed by atoms with Crippen molar-refractivity contribution in [2.75, 3.05) is 14.1 Å². The number of fused-ring (bicyclic) bond motifs is 3. The van der Waals surface area contributed by atoms with Gasteiger partial charge in [0.05, 0.1) is 22.5 Å². The zero-order valence-corrected chi connectivity index (χ0v) is 21.1. The standard InChI is InChI=1S/C34H24N2O2/c1-35-31(27-18-10-14-22-13-6-7-15-23(22)27)29-30(34(35)38)32(36(2)33(29)37)28-20-19-24(21-11-4-3-5-12-21)25-16-8-9-17-26(25)28/h3-20H,1-2H3. The third kappa shape index (κ3) is 3.04. The van der Waals surface area contributed by atoms with Crippen LogP contribution < -0.4 is 0 Å². The van der Waals surface area contributed by atoms with Crippen LogP contribution >= 0.6 is 0 Å². The average molecular weight is 493 g/mol. The molecule has 7 rings (SSSR count). The first-order valence-corrected chi connectivity index (χ1v) is 12.7. The van der Waals surface area contributed by atoms with Crippen LogP contribution in [0.1, 0.15) is 11.1 Å². The Morgan fingerprint density at radius 2 is 0.921 bits per heavy atom. The summed E-state index contributed by atoms with van der Waals surface area (Å²) < 4.78 is 0. The Kier molecular flexibility index (Phi) is 4.85. The van der Waals surface area contributed by atoms with E-state index in [4.69, 9.17) is 0 Å². The van der Waals surface area contributed by atoms with E-state index in [1.165, 1.54) is 0 Å². The quantitative estimate of drug-likeness (QED) is 0.280. The third-order valence-corrected chi connectivity index (χ3v) is 7.74. The Bertz CT molecular complexity index is 1880. The predicted molar refractivity (Wildman–Crippen MR) is 153 cm³/mol. The summed E-state index contributed by atoms with van der Waals surface area (Å²) >= 11 is 0. The Morgan fingerprint density at radius 3 is 1.58 bits per heavy atom. The van der Waals surface area contributed by atoms with Crippen LogP contribution in [0.5, 0.6) is 0 Å². The molecule has 4 heteroatoms. The summed E-state index contributed by atoms with van der Waals surface area (Å²) in [5.74, 6) is -0.321. The summed E-state index contributed by atoms with van der Waals surface area (Å²) in [4.78, 5) is 31.0. The van der Waals surface area contributed by atoms with Gasteiger partial charge in [0.1, 0.15) is 0 Å². The maximum absolute atomic E-state index is 13.9. The normalized spacial score (nSPS) is 15.4. The highest BCUT2D eigenvalue weighted by molar-refractivity contribution is 6.31. The summed E-state index contributed by atoms with van der Waals surface area (Å²) in [5.41, 5.74) is 6.28. The van der Waals surface area contributed by atoms with Gasteiger partial charge in [0, 0.05) is 25.2 Å². The van der Waals surface area contributed by atoms with E-state index in [-0.39, 0.29) is 11.8 Å². The van der Waals surface area contributed by atoms with Gasteiger partial charge < -0.3 is 9.80 Å². The first-order chi connectivity index (χ1) is 18.6. The summed E-state index contributed by atoms with van der Waals surface area (Å²) in [6, 6.07) is 36.7. The maximum Gasteiger partial charge on any atom is 0.261 e. The van der Waals surface area contributed by atoms with Crippen molar-refractivity contribution in [3.8, 4) is 11.1 Å². The monoisotopic (exact) mass is 492 g/mol. The minimum atomic E-state index is -0.160. The number of benzene rings is 5. The minimum absolute atomic E-state index is 0.160. The van der Waals surface area contributed by atoms with Crippen LogP contribution in [0, 0.1) is 0 Å². The van der Waals surface area contributed by atoms with Gasteiger partial charge in [-0.15, -0.1) is 0 Å². The van der Waals surface area contributed by atoms with E-state index in [0.717, 1.165) is 43.8 Å². The van der Waals surface area contributed by atoms with Crippen LogP contribution in [0.2, 0.25) is 0 Å².